The molecular formula is C30H46N4O. The maximum Gasteiger partial charge on any atom is 0.116 e. The average molecular weight is 479 g/mol. The van der Waals surface area contributed by atoms with Crippen LogP contribution < -0.4 is 11.5 Å². The number of aromatic nitrogens is 2. The van der Waals surface area contributed by atoms with Gasteiger partial charge in [-0.15, -0.1) is 0 Å². The summed E-state index contributed by atoms with van der Waals surface area (Å²) in [4.78, 5) is 0. The van der Waals surface area contributed by atoms with E-state index >= 15 is 0 Å². The van der Waals surface area contributed by atoms with Crippen LogP contribution in [-0.2, 0) is 13.1 Å². The second-order valence-electron chi connectivity index (χ2n) is 9.23. The highest BCUT2D eigenvalue weighted by Gasteiger charge is 2.02. The summed E-state index contributed by atoms with van der Waals surface area (Å²) in [5, 5.41) is 11.8. The van der Waals surface area contributed by atoms with Crippen LogP contribution in [0.4, 0.5) is 0 Å². The summed E-state index contributed by atoms with van der Waals surface area (Å²) in [7, 11) is 0. The third kappa shape index (κ3) is 8.75. The molecule has 0 aliphatic carbocycles. The van der Waals surface area contributed by atoms with Gasteiger partial charge in [-0.05, 0) is 93.5 Å². The predicted molar refractivity (Wildman–Crippen MR) is 152 cm³/mol. The van der Waals surface area contributed by atoms with Crippen LogP contribution in [0.1, 0.15) is 64.4 Å². The Morgan fingerprint density at radius 1 is 0.629 bits per heavy atom. The SMILES string of the molecule is C.Cc1ccc2c(ccn2CCCCCCN)c1.NCCCCCCn1ccc2cc(O)ccc21. The fraction of sp³-hybridized carbons (Fsp3) is 0.467. The van der Waals surface area contributed by atoms with Crippen LogP contribution in [0.3, 0.4) is 0 Å². The van der Waals surface area contributed by atoms with Crippen molar-refractivity contribution >= 4 is 21.8 Å². The van der Waals surface area contributed by atoms with E-state index in [1.165, 1.54) is 60.5 Å². The van der Waals surface area contributed by atoms with Crippen molar-refractivity contribution in [2.75, 3.05) is 13.1 Å². The van der Waals surface area contributed by atoms with E-state index in [9.17, 15) is 5.11 Å². The van der Waals surface area contributed by atoms with E-state index in [4.69, 9.17) is 11.5 Å². The first kappa shape index (κ1) is 28.5. The summed E-state index contributed by atoms with van der Waals surface area (Å²) in [5.74, 6) is 0.332. The van der Waals surface area contributed by atoms with E-state index in [1.54, 1.807) is 12.1 Å². The Balaban J connectivity index is 0.000000240. The number of phenols is 1. The normalized spacial score (nSPS) is 10.8. The number of nitrogens with zero attached hydrogens (tertiary/aromatic N) is 2. The van der Waals surface area contributed by atoms with E-state index in [-0.39, 0.29) is 7.43 Å². The van der Waals surface area contributed by atoms with Crippen LogP contribution in [-0.4, -0.2) is 27.3 Å². The number of nitrogens with two attached hydrogens (primary N) is 2. The first-order chi connectivity index (χ1) is 16.6. The van der Waals surface area contributed by atoms with Crippen molar-refractivity contribution in [2.24, 2.45) is 11.5 Å². The summed E-state index contributed by atoms with van der Waals surface area (Å²) in [5.41, 5.74) is 14.8. The molecule has 0 aliphatic heterocycles. The molecular weight excluding hydrogens is 432 g/mol. The van der Waals surface area contributed by atoms with Crippen LogP contribution in [0.15, 0.2) is 60.9 Å². The first-order valence-corrected chi connectivity index (χ1v) is 12.9. The number of fused-ring (bicyclic) bond motifs is 2. The van der Waals surface area contributed by atoms with Crippen molar-refractivity contribution in [3.63, 3.8) is 0 Å². The van der Waals surface area contributed by atoms with Crippen LogP contribution in [0.25, 0.3) is 21.8 Å². The van der Waals surface area contributed by atoms with Crippen molar-refractivity contribution in [3.8, 4) is 5.75 Å². The van der Waals surface area contributed by atoms with Crippen molar-refractivity contribution in [3.05, 3.63) is 66.5 Å². The van der Waals surface area contributed by atoms with Gasteiger partial charge < -0.3 is 25.7 Å². The fourth-order valence-electron chi connectivity index (χ4n) is 4.46. The highest BCUT2D eigenvalue weighted by Crippen LogP contribution is 2.21. The molecule has 0 saturated carbocycles. The highest BCUT2D eigenvalue weighted by atomic mass is 16.3. The molecule has 0 saturated heterocycles. The molecule has 2 heterocycles. The minimum Gasteiger partial charge on any atom is -0.508 e. The summed E-state index contributed by atoms with van der Waals surface area (Å²) < 4.78 is 4.61. The minimum atomic E-state index is 0. The van der Waals surface area contributed by atoms with Gasteiger partial charge in [-0.3, -0.25) is 0 Å². The quantitative estimate of drug-likeness (QED) is 0.192. The Hall–Kier alpha value is -2.76. The minimum absolute atomic E-state index is 0. The van der Waals surface area contributed by atoms with Gasteiger partial charge in [-0.2, -0.15) is 0 Å². The van der Waals surface area contributed by atoms with E-state index < -0.39 is 0 Å². The highest BCUT2D eigenvalue weighted by molar-refractivity contribution is 5.82. The molecule has 0 bridgehead atoms. The molecule has 0 fully saturated rings. The smallest absolute Gasteiger partial charge is 0.116 e. The van der Waals surface area contributed by atoms with Crippen molar-refractivity contribution in [1.29, 1.82) is 0 Å². The number of aryl methyl sites for hydroxylation is 3. The van der Waals surface area contributed by atoms with Gasteiger partial charge in [0.1, 0.15) is 5.75 Å². The standard InChI is InChI=1S/C15H22N2.C14H20N2O.CH4/c1-13-6-7-15-14(12-13)8-11-17(15)10-5-3-2-4-9-16;15-8-3-1-2-4-9-16-10-7-12-11-13(17)5-6-14(12)16;/h6-8,11-12H,2-5,9-10,16H2,1H3;5-7,10-11,17H,1-4,8-9,15H2;1H4. The molecule has 0 unspecified atom stereocenters. The van der Waals surface area contributed by atoms with Gasteiger partial charge in [0.15, 0.2) is 0 Å². The summed E-state index contributed by atoms with van der Waals surface area (Å²) in [6.07, 6.45) is 14.0. The molecule has 5 nitrogen and oxygen atoms in total. The molecule has 35 heavy (non-hydrogen) atoms. The molecule has 0 radical (unpaired) electrons. The fourth-order valence-corrected chi connectivity index (χ4v) is 4.46. The predicted octanol–water partition coefficient (Wildman–Crippen LogP) is 6.97. The number of benzene rings is 2. The van der Waals surface area contributed by atoms with E-state index in [2.05, 4.69) is 58.8 Å². The van der Waals surface area contributed by atoms with E-state index in [0.717, 1.165) is 44.4 Å². The molecule has 0 spiro atoms. The molecule has 0 aliphatic rings. The number of aromatic hydroxyl groups is 1. The molecule has 2 aromatic heterocycles. The lowest BCUT2D eigenvalue weighted by molar-refractivity contribution is 0.476. The van der Waals surface area contributed by atoms with Crippen LogP contribution in [0, 0.1) is 6.92 Å². The van der Waals surface area contributed by atoms with Crippen LogP contribution in [0.5, 0.6) is 5.75 Å². The molecule has 5 heteroatoms. The Labute approximate surface area is 211 Å². The molecule has 192 valence electrons. The zero-order valence-electron chi connectivity index (χ0n) is 20.8. The second-order valence-corrected chi connectivity index (χ2v) is 9.23. The number of hydrogen-bond donors (Lipinski definition) is 3. The van der Waals surface area contributed by atoms with Gasteiger partial charge in [-0.1, -0.05) is 44.7 Å². The lowest BCUT2D eigenvalue weighted by Gasteiger charge is -2.05. The molecule has 4 rings (SSSR count). The summed E-state index contributed by atoms with van der Waals surface area (Å²) >= 11 is 0. The van der Waals surface area contributed by atoms with Gasteiger partial charge in [-0.25, -0.2) is 0 Å². The van der Waals surface area contributed by atoms with Gasteiger partial charge in [0.05, 0.1) is 0 Å². The zero-order chi connectivity index (χ0) is 24.2. The molecule has 5 N–H and O–H groups in total. The zero-order valence-corrected chi connectivity index (χ0v) is 20.8. The lowest BCUT2D eigenvalue weighted by Crippen LogP contribution is -1.99. The molecule has 0 atom stereocenters. The Bertz CT molecular complexity index is 1040. The third-order valence-electron chi connectivity index (χ3n) is 6.39. The number of hydrogen-bond acceptors (Lipinski definition) is 3. The van der Waals surface area contributed by atoms with E-state index in [1.807, 2.05) is 6.07 Å². The maximum absolute atomic E-state index is 9.39. The Kier molecular flexibility index (Phi) is 12.4. The van der Waals surface area contributed by atoms with E-state index in [0.29, 0.717) is 5.75 Å². The number of unbranched alkanes of at least 4 members (excludes halogenated alkanes) is 6. The largest absolute Gasteiger partial charge is 0.508 e. The third-order valence-corrected chi connectivity index (χ3v) is 6.39. The van der Waals surface area contributed by atoms with Gasteiger partial charge in [0, 0.05) is 41.9 Å². The van der Waals surface area contributed by atoms with Crippen LogP contribution in [0.2, 0.25) is 0 Å². The lowest BCUT2D eigenvalue weighted by atomic mass is 10.2. The van der Waals surface area contributed by atoms with Crippen molar-refractivity contribution in [1.82, 2.24) is 9.13 Å². The number of phenolic OH excluding ortho intramolecular Hbond substituents is 1. The van der Waals surface area contributed by atoms with Gasteiger partial charge >= 0.3 is 0 Å². The van der Waals surface area contributed by atoms with Gasteiger partial charge in [0.2, 0.25) is 0 Å². The van der Waals surface area contributed by atoms with Crippen molar-refractivity contribution in [2.45, 2.75) is 78.8 Å². The van der Waals surface area contributed by atoms with Gasteiger partial charge in [0.25, 0.3) is 0 Å². The first-order valence-electron chi connectivity index (χ1n) is 12.9. The average Bonchev–Trinajstić information content (AvgIpc) is 3.42. The summed E-state index contributed by atoms with van der Waals surface area (Å²) in [6, 6.07) is 16.5. The Morgan fingerprint density at radius 2 is 1.11 bits per heavy atom. The van der Waals surface area contributed by atoms with Crippen molar-refractivity contribution < 1.29 is 5.11 Å². The monoisotopic (exact) mass is 478 g/mol. The van der Waals surface area contributed by atoms with Crippen LogP contribution >= 0.6 is 0 Å². The maximum atomic E-state index is 9.39. The topological polar surface area (TPSA) is 82.1 Å². The molecule has 4 aromatic rings. The second kappa shape index (κ2) is 15.3. The summed E-state index contributed by atoms with van der Waals surface area (Å²) in [6.45, 7) is 5.93. The molecule has 0 amide bonds. The molecule has 2 aromatic carbocycles. The number of rotatable bonds is 12. The Morgan fingerprint density at radius 3 is 1.66 bits per heavy atom.